The van der Waals surface area contributed by atoms with E-state index in [0.29, 0.717) is 80.0 Å². The van der Waals surface area contributed by atoms with E-state index in [-0.39, 0.29) is 35.4 Å². The standard InChI is InChI=1S/C41H48F2N8O5/c1-24(2)38(41(53)54-5)36-19-37(46-56-36)49-14-9-28(21-49)50-23-32(31-20-44-13-8-34(31)50)29-7-6-27(18-30(29)39(42)43)47(4)40-33-22-48(25(3)52)15-10-35(33)51(45-40)26-11-16-55-17-12-26/h6-8,13,18-20,23-24,26,28,38-39H,9-12,14-17,21-22H2,1-5H3/t28-,38?/m1/s1. The van der Waals surface area contributed by atoms with E-state index in [1.165, 1.54) is 7.11 Å². The van der Waals surface area contributed by atoms with Crippen molar-refractivity contribution in [1.82, 2.24) is 29.4 Å². The lowest BCUT2D eigenvalue weighted by Crippen LogP contribution is -2.35. The highest BCUT2D eigenvalue weighted by molar-refractivity contribution is 5.97. The first-order chi connectivity index (χ1) is 27.0. The Bertz CT molecular complexity index is 2240. The molecule has 4 aromatic heterocycles. The van der Waals surface area contributed by atoms with Crippen LogP contribution in [0.4, 0.5) is 26.1 Å². The summed E-state index contributed by atoms with van der Waals surface area (Å²) in [6.45, 7) is 9.10. The zero-order valence-corrected chi connectivity index (χ0v) is 32.5. The molecule has 1 aromatic carbocycles. The van der Waals surface area contributed by atoms with Gasteiger partial charge in [-0.25, -0.2) is 8.78 Å². The molecule has 7 heterocycles. The number of carbonyl (C=O) groups excluding carboxylic acids is 2. The summed E-state index contributed by atoms with van der Waals surface area (Å²) in [6.07, 6.45) is 5.83. The molecule has 0 radical (unpaired) electrons. The van der Waals surface area contributed by atoms with Crippen LogP contribution in [0.5, 0.6) is 0 Å². The summed E-state index contributed by atoms with van der Waals surface area (Å²) in [5.41, 5.74) is 4.55. The van der Waals surface area contributed by atoms with E-state index in [1.807, 2.05) is 55.1 Å². The number of anilines is 3. The van der Waals surface area contributed by atoms with E-state index in [4.69, 9.17) is 19.1 Å². The summed E-state index contributed by atoms with van der Waals surface area (Å²) in [7, 11) is 3.22. The lowest BCUT2D eigenvalue weighted by Gasteiger charge is -2.29. The van der Waals surface area contributed by atoms with E-state index in [9.17, 15) is 9.59 Å². The first-order valence-corrected chi connectivity index (χ1v) is 19.4. The molecule has 1 amide bonds. The van der Waals surface area contributed by atoms with Crippen LogP contribution in [0.1, 0.15) is 87.0 Å². The van der Waals surface area contributed by atoms with Crippen LogP contribution in [-0.2, 0) is 32.0 Å². The van der Waals surface area contributed by atoms with Crippen molar-refractivity contribution in [2.75, 3.05) is 56.8 Å². The molecule has 15 heteroatoms. The fourth-order valence-electron chi connectivity index (χ4n) is 8.72. The number of amides is 1. The molecule has 5 aromatic rings. The molecular weight excluding hydrogens is 722 g/mol. The van der Waals surface area contributed by atoms with Gasteiger partial charge in [0.1, 0.15) is 5.92 Å². The Morgan fingerprint density at radius 3 is 2.57 bits per heavy atom. The Morgan fingerprint density at radius 2 is 1.84 bits per heavy atom. The number of esters is 1. The summed E-state index contributed by atoms with van der Waals surface area (Å²) in [5, 5.41) is 10.2. The minimum absolute atomic E-state index is 0.00549. The molecule has 13 nitrogen and oxygen atoms in total. The second-order valence-corrected chi connectivity index (χ2v) is 15.4. The molecule has 0 N–H and O–H groups in total. The molecule has 3 aliphatic heterocycles. The van der Waals surface area contributed by atoms with Gasteiger partial charge in [0.05, 0.1) is 31.3 Å². The second kappa shape index (κ2) is 15.3. The molecule has 56 heavy (non-hydrogen) atoms. The molecule has 3 aliphatic rings. The first-order valence-electron chi connectivity index (χ1n) is 19.4. The number of ether oxygens (including phenoxy) is 2. The Morgan fingerprint density at radius 1 is 1.04 bits per heavy atom. The SMILES string of the molecule is COC(=O)C(c1cc(N2CC[C@@H](n3cc(-c4ccc(N(C)c5nn(C6CCOCC6)c6c5CN(C(C)=O)CC6)cc4C(F)F)c4cnccc43)C2)no1)C(C)C. The third-order valence-corrected chi connectivity index (χ3v) is 11.8. The van der Waals surface area contributed by atoms with Crippen molar-refractivity contribution in [3.63, 3.8) is 0 Å². The number of fused-ring (bicyclic) bond motifs is 2. The van der Waals surface area contributed by atoms with Crippen molar-refractivity contribution in [3.8, 4) is 11.1 Å². The van der Waals surface area contributed by atoms with E-state index >= 15 is 8.78 Å². The minimum Gasteiger partial charge on any atom is -0.468 e. The molecule has 2 atom stereocenters. The highest BCUT2D eigenvalue weighted by atomic mass is 19.3. The van der Waals surface area contributed by atoms with Gasteiger partial charge in [0.2, 0.25) is 5.91 Å². The van der Waals surface area contributed by atoms with Gasteiger partial charge < -0.3 is 33.3 Å². The molecule has 0 saturated carbocycles. The lowest BCUT2D eigenvalue weighted by molar-refractivity contribution is -0.144. The van der Waals surface area contributed by atoms with Crippen molar-refractivity contribution in [2.24, 2.45) is 5.92 Å². The van der Waals surface area contributed by atoms with Gasteiger partial charge in [-0.2, -0.15) is 5.10 Å². The van der Waals surface area contributed by atoms with E-state index < -0.39 is 12.3 Å². The average molecular weight is 771 g/mol. The summed E-state index contributed by atoms with van der Waals surface area (Å²) < 4.78 is 50.9. The van der Waals surface area contributed by atoms with Gasteiger partial charge in [0.25, 0.3) is 6.43 Å². The lowest BCUT2D eigenvalue weighted by atomic mass is 9.93. The van der Waals surface area contributed by atoms with Gasteiger partial charge in [-0.1, -0.05) is 25.1 Å². The predicted octanol–water partition coefficient (Wildman–Crippen LogP) is 7.21. The van der Waals surface area contributed by atoms with Gasteiger partial charge in [0, 0.05) is 111 Å². The highest BCUT2D eigenvalue weighted by Gasteiger charge is 2.34. The van der Waals surface area contributed by atoms with Crippen molar-refractivity contribution in [3.05, 3.63) is 71.5 Å². The number of hydrogen-bond donors (Lipinski definition) is 0. The maximum absolute atomic E-state index is 15.2. The summed E-state index contributed by atoms with van der Waals surface area (Å²) in [5.74, 6) is 0.800. The number of aromatic nitrogens is 5. The first kappa shape index (κ1) is 37.6. The fourth-order valence-corrected chi connectivity index (χ4v) is 8.72. The van der Waals surface area contributed by atoms with Gasteiger partial charge in [0.15, 0.2) is 17.4 Å². The molecule has 8 rings (SSSR count). The maximum atomic E-state index is 15.2. The van der Waals surface area contributed by atoms with Crippen LogP contribution in [0.25, 0.3) is 22.0 Å². The van der Waals surface area contributed by atoms with Crippen LogP contribution in [-0.4, -0.2) is 88.3 Å². The van der Waals surface area contributed by atoms with Gasteiger partial charge in [-0.15, -0.1) is 0 Å². The number of pyridine rings is 1. The van der Waals surface area contributed by atoms with Crippen molar-refractivity contribution < 1.29 is 32.4 Å². The maximum Gasteiger partial charge on any atom is 0.316 e. The molecule has 2 saturated heterocycles. The minimum atomic E-state index is -2.75. The Balaban J connectivity index is 1.11. The molecule has 0 spiro atoms. The Kier molecular flexibility index (Phi) is 10.3. The van der Waals surface area contributed by atoms with Crippen molar-refractivity contribution in [2.45, 2.75) is 77.4 Å². The fraction of sp³-hybridized carbons (Fsp3) is 0.488. The zero-order chi connectivity index (χ0) is 39.2. The number of hydrogen-bond acceptors (Lipinski definition) is 10. The molecule has 2 fully saturated rings. The molecule has 0 aliphatic carbocycles. The van der Waals surface area contributed by atoms with Crippen LogP contribution >= 0.6 is 0 Å². The number of methoxy groups -OCH3 is 1. The number of nitrogens with zero attached hydrogens (tertiary/aromatic N) is 8. The van der Waals surface area contributed by atoms with E-state index in [0.717, 1.165) is 41.4 Å². The smallest absolute Gasteiger partial charge is 0.316 e. The third-order valence-electron chi connectivity index (χ3n) is 11.8. The highest BCUT2D eigenvalue weighted by Crippen LogP contribution is 2.43. The van der Waals surface area contributed by atoms with Crippen LogP contribution in [0.2, 0.25) is 0 Å². The van der Waals surface area contributed by atoms with Crippen LogP contribution < -0.4 is 9.80 Å². The molecular formula is C41H48F2N8O5. The van der Waals surface area contributed by atoms with Crippen molar-refractivity contribution in [1.29, 1.82) is 0 Å². The van der Waals surface area contributed by atoms with E-state index in [2.05, 4.69) is 24.3 Å². The number of halogens is 2. The molecule has 1 unspecified atom stereocenters. The second-order valence-electron chi connectivity index (χ2n) is 15.4. The van der Waals surface area contributed by atoms with Gasteiger partial charge >= 0.3 is 5.97 Å². The molecule has 296 valence electrons. The summed E-state index contributed by atoms with van der Waals surface area (Å²) in [4.78, 5) is 35.1. The summed E-state index contributed by atoms with van der Waals surface area (Å²) >= 11 is 0. The Labute approximate surface area is 324 Å². The number of benzene rings is 1. The molecule has 0 bridgehead atoms. The number of carbonyl (C=O) groups is 2. The topological polar surface area (TPSA) is 124 Å². The monoisotopic (exact) mass is 770 g/mol. The number of alkyl halides is 2. The largest absolute Gasteiger partial charge is 0.468 e. The van der Waals surface area contributed by atoms with Crippen LogP contribution in [0.3, 0.4) is 0 Å². The normalized spacial score (nSPS) is 18.3. The van der Waals surface area contributed by atoms with Crippen LogP contribution in [0.15, 0.2) is 53.4 Å². The zero-order valence-electron chi connectivity index (χ0n) is 32.5. The predicted molar refractivity (Wildman–Crippen MR) is 206 cm³/mol. The summed E-state index contributed by atoms with van der Waals surface area (Å²) in [6, 6.07) is 9.12. The average Bonchev–Trinajstić information content (AvgIpc) is 4.02. The Hall–Kier alpha value is -5.31. The van der Waals surface area contributed by atoms with Gasteiger partial charge in [-0.3, -0.25) is 19.3 Å². The van der Waals surface area contributed by atoms with E-state index in [1.54, 1.807) is 31.5 Å². The number of rotatable bonds is 10. The van der Waals surface area contributed by atoms with Crippen LogP contribution in [0, 0.1) is 5.92 Å². The van der Waals surface area contributed by atoms with Gasteiger partial charge in [-0.05, 0) is 48.9 Å². The van der Waals surface area contributed by atoms with Crippen molar-refractivity contribution >= 4 is 40.1 Å². The quantitative estimate of drug-likeness (QED) is 0.135. The third kappa shape index (κ3) is 6.79.